The number of anilines is 2. The Bertz CT molecular complexity index is 1980. The van der Waals surface area contributed by atoms with Gasteiger partial charge >= 0.3 is 0 Å². The van der Waals surface area contributed by atoms with Gasteiger partial charge in [0.15, 0.2) is 5.58 Å². The minimum Gasteiger partial charge on any atom is -0.456 e. The fourth-order valence-corrected chi connectivity index (χ4v) is 6.78. The Hall–Kier alpha value is -4.84. The maximum absolute atomic E-state index is 11.8. The summed E-state index contributed by atoms with van der Waals surface area (Å²) in [6.45, 7) is 4.22. The van der Waals surface area contributed by atoms with E-state index in [9.17, 15) is 4.79 Å². The van der Waals surface area contributed by atoms with Crippen LogP contribution >= 0.6 is 11.3 Å². The van der Waals surface area contributed by atoms with E-state index in [0.29, 0.717) is 28.6 Å². The maximum atomic E-state index is 11.8. The van der Waals surface area contributed by atoms with Gasteiger partial charge < -0.3 is 24.5 Å². The number of amides is 1. The summed E-state index contributed by atoms with van der Waals surface area (Å²) in [6.07, 6.45) is 5.48. The highest BCUT2D eigenvalue weighted by Crippen LogP contribution is 2.39. The van der Waals surface area contributed by atoms with Gasteiger partial charge in [0.05, 0.1) is 20.8 Å². The van der Waals surface area contributed by atoms with Crippen molar-refractivity contribution < 1.29 is 19.1 Å². The number of aryl methyl sites for hydroxylation is 1. The lowest BCUT2D eigenvalue weighted by molar-refractivity contribution is -0.135. The number of aliphatic hydroxyl groups is 1. The van der Waals surface area contributed by atoms with Crippen molar-refractivity contribution in [2.75, 3.05) is 32.1 Å². The molecule has 2 aromatic carbocycles. The number of ether oxygens (including phenoxy) is 1. The molecule has 2 N–H and O–H groups in total. The lowest BCUT2D eigenvalue weighted by atomic mass is 10.0. The van der Waals surface area contributed by atoms with Gasteiger partial charge in [0.2, 0.25) is 5.91 Å². The van der Waals surface area contributed by atoms with E-state index in [4.69, 9.17) is 19.2 Å². The van der Waals surface area contributed by atoms with Gasteiger partial charge in [-0.25, -0.2) is 0 Å². The fourth-order valence-electron chi connectivity index (χ4n) is 5.73. The molecule has 0 atom stereocenters. The fraction of sp³-hybridized carbons (Fsp3) is 0.257. The van der Waals surface area contributed by atoms with E-state index in [0.717, 1.165) is 64.5 Å². The van der Waals surface area contributed by atoms with E-state index < -0.39 is 6.61 Å². The lowest BCUT2D eigenvalue weighted by Crippen LogP contribution is -2.46. The zero-order chi connectivity index (χ0) is 31.6. The van der Waals surface area contributed by atoms with Gasteiger partial charge in [-0.15, -0.1) is 11.3 Å². The van der Waals surface area contributed by atoms with Crippen LogP contribution in [0.3, 0.4) is 0 Å². The van der Waals surface area contributed by atoms with Gasteiger partial charge in [0.25, 0.3) is 6.01 Å². The normalized spacial score (nSPS) is 14.2. The van der Waals surface area contributed by atoms with Crippen LogP contribution in [0.5, 0.6) is 11.5 Å². The molecule has 1 aliphatic heterocycles. The van der Waals surface area contributed by atoms with Crippen LogP contribution in [0.25, 0.3) is 31.9 Å². The predicted octanol–water partition coefficient (Wildman–Crippen LogP) is 6.76. The van der Waals surface area contributed by atoms with Gasteiger partial charge in [0.1, 0.15) is 23.6 Å². The molecule has 4 aromatic heterocycles. The first-order valence-electron chi connectivity index (χ1n) is 15.3. The third-order valence-electron chi connectivity index (χ3n) is 8.38. The van der Waals surface area contributed by atoms with Crippen LogP contribution in [0.4, 0.5) is 11.7 Å². The zero-order valence-corrected chi connectivity index (χ0v) is 26.5. The van der Waals surface area contributed by atoms with Crippen LogP contribution in [-0.4, -0.2) is 68.6 Å². The summed E-state index contributed by atoms with van der Waals surface area (Å²) in [5, 5.41) is 12.4. The maximum Gasteiger partial charge on any atom is 0.300 e. The van der Waals surface area contributed by atoms with Crippen molar-refractivity contribution in [1.82, 2.24) is 24.8 Å². The number of aromatic nitrogens is 3. The average Bonchev–Trinajstić information content (AvgIpc) is 3.70. The number of hydrogen-bond acceptors (Lipinski definition) is 10. The van der Waals surface area contributed by atoms with Crippen molar-refractivity contribution in [3.63, 3.8) is 0 Å². The van der Waals surface area contributed by atoms with Crippen LogP contribution < -0.4 is 10.1 Å². The largest absolute Gasteiger partial charge is 0.456 e. The number of hydrogen-bond donors (Lipinski definition) is 2. The molecule has 234 valence electrons. The highest BCUT2D eigenvalue weighted by atomic mass is 32.1. The van der Waals surface area contributed by atoms with Crippen molar-refractivity contribution in [1.29, 1.82) is 0 Å². The lowest BCUT2D eigenvalue weighted by Gasteiger charge is -2.36. The minimum absolute atomic E-state index is 0.177. The number of likely N-dealkylation sites (N-methyl/N-ethyl adjacent to an activating group) is 1. The second-order valence-corrected chi connectivity index (χ2v) is 12.6. The Morgan fingerprint density at radius 1 is 1.07 bits per heavy atom. The van der Waals surface area contributed by atoms with Crippen molar-refractivity contribution in [2.45, 2.75) is 32.4 Å². The monoisotopic (exact) mass is 634 g/mol. The summed E-state index contributed by atoms with van der Waals surface area (Å²) in [4.78, 5) is 30.9. The van der Waals surface area contributed by atoms with E-state index in [1.54, 1.807) is 29.5 Å². The number of thiophene rings is 1. The summed E-state index contributed by atoms with van der Waals surface area (Å²) < 4.78 is 13.2. The van der Waals surface area contributed by atoms with Gasteiger partial charge in [-0.05, 0) is 61.7 Å². The molecule has 0 radical (unpaired) electrons. The molecule has 10 nitrogen and oxygen atoms in total. The van der Waals surface area contributed by atoms with Gasteiger partial charge in [-0.3, -0.25) is 19.7 Å². The molecule has 0 saturated carbocycles. The number of pyridine rings is 2. The summed E-state index contributed by atoms with van der Waals surface area (Å²) in [6, 6.07) is 22.4. The molecule has 0 bridgehead atoms. The molecule has 6 aromatic rings. The van der Waals surface area contributed by atoms with Gasteiger partial charge in [-0.1, -0.05) is 23.8 Å². The highest BCUT2D eigenvalue weighted by Gasteiger charge is 2.25. The summed E-state index contributed by atoms with van der Waals surface area (Å²) in [7, 11) is 1.78. The molecule has 1 aliphatic rings. The molecular formula is C35H34N6O4S. The van der Waals surface area contributed by atoms with Crippen molar-refractivity contribution in [3.05, 3.63) is 90.3 Å². The number of rotatable bonds is 9. The molecule has 1 saturated heterocycles. The standard InChI is InChI=1S/C35H34N6O4S/c1-22-3-6-24(7-4-22)38-35-39-28-17-26(8-10-30(28)45-35)44-31-11-14-36-29-18-32(46-34(29)31)27-9-5-23(19-37-27)20-41-15-12-25(13-16-41)40(2)33(43)21-42/h3-11,14,17-19,25,42H,12-13,15-16,20-21H2,1-2H3,(H,38,39). The topological polar surface area (TPSA) is 117 Å². The number of piperidine rings is 1. The molecule has 0 unspecified atom stereocenters. The number of likely N-dealkylation sites (tertiary alicyclic amines) is 1. The van der Waals surface area contributed by atoms with Crippen LogP contribution in [-0.2, 0) is 11.3 Å². The number of oxazole rings is 1. The number of nitrogens with one attached hydrogen (secondary N) is 1. The van der Waals surface area contributed by atoms with Gasteiger partial charge in [0, 0.05) is 62.9 Å². The second-order valence-electron chi connectivity index (χ2n) is 11.6. The van der Waals surface area contributed by atoms with E-state index in [1.807, 2.05) is 67.7 Å². The van der Waals surface area contributed by atoms with E-state index in [2.05, 4.69) is 32.3 Å². The van der Waals surface area contributed by atoms with E-state index in [-0.39, 0.29) is 11.9 Å². The van der Waals surface area contributed by atoms with Crippen LogP contribution in [0.2, 0.25) is 0 Å². The average molecular weight is 635 g/mol. The smallest absolute Gasteiger partial charge is 0.300 e. The van der Waals surface area contributed by atoms with Crippen LogP contribution in [0.1, 0.15) is 24.0 Å². The van der Waals surface area contributed by atoms with Crippen molar-refractivity contribution in [2.24, 2.45) is 0 Å². The quantitative estimate of drug-likeness (QED) is 0.178. The SMILES string of the molecule is Cc1ccc(Nc2nc3cc(Oc4ccnc5cc(-c6ccc(CN7CCC(N(C)C(=O)CO)CC7)cn6)sc45)ccc3o2)cc1. The Balaban J connectivity index is 1.02. The summed E-state index contributed by atoms with van der Waals surface area (Å²) in [5.74, 6) is 1.15. The van der Waals surface area contributed by atoms with E-state index >= 15 is 0 Å². The Morgan fingerprint density at radius 2 is 1.89 bits per heavy atom. The number of carbonyl (C=O) groups excluding carboxylic acids is 1. The number of aliphatic hydroxyl groups excluding tert-OH is 1. The molecular weight excluding hydrogens is 600 g/mol. The van der Waals surface area contributed by atoms with Crippen molar-refractivity contribution >= 4 is 50.3 Å². The number of fused-ring (bicyclic) bond motifs is 2. The summed E-state index contributed by atoms with van der Waals surface area (Å²) in [5.41, 5.74) is 6.34. The van der Waals surface area contributed by atoms with Gasteiger partial charge in [-0.2, -0.15) is 4.98 Å². The third-order valence-corrected chi connectivity index (χ3v) is 9.54. The zero-order valence-electron chi connectivity index (χ0n) is 25.6. The molecule has 46 heavy (non-hydrogen) atoms. The van der Waals surface area contributed by atoms with Crippen LogP contribution in [0, 0.1) is 6.92 Å². The summed E-state index contributed by atoms with van der Waals surface area (Å²) >= 11 is 1.60. The first-order valence-corrected chi connectivity index (χ1v) is 16.1. The molecule has 0 aliphatic carbocycles. The Morgan fingerprint density at radius 3 is 2.65 bits per heavy atom. The Kier molecular flexibility index (Phi) is 8.35. The highest BCUT2D eigenvalue weighted by molar-refractivity contribution is 7.22. The molecule has 1 amide bonds. The predicted molar refractivity (Wildman–Crippen MR) is 180 cm³/mol. The number of carbonyl (C=O) groups is 1. The van der Waals surface area contributed by atoms with E-state index in [1.165, 1.54) is 5.56 Å². The molecule has 11 heteroatoms. The Labute approximate surface area is 270 Å². The van der Waals surface area contributed by atoms with Crippen LogP contribution in [0.15, 0.2) is 83.5 Å². The molecule has 7 rings (SSSR count). The minimum atomic E-state index is -0.437. The number of nitrogens with zero attached hydrogens (tertiary/aromatic N) is 5. The third kappa shape index (κ3) is 6.43. The van der Waals surface area contributed by atoms with Crippen molar-refractivity contribution in [3.8, 4) is 22.1 Å². The first kappa shape index (κ1) is 29.8. The number of benzene rings is 2. The second kappa shape index (κ2) is 12.9. The molecule has 5 heterocycles. The molecule has 1 fully saturated rings. The first-order chi connectivity index (χ1) is 22.4. The molecule has 0 spiro atoms.